The van der Waals surface area contributed by atoms with Gasteiger partial charge in [0.05, 0.1) is 13.2 Å². The lowest BCUT2D eigenvalue weighted by molar-refractivity contribution is 0.185. The maximum atomic E-state index is 5.22. The Labute approximate surface area is 75.3 Å². The molecule has 0 aliphatic carbocycles. The Morgan fingerprint density at radius 1 is 1.58 bits per heavy atom. The van der Waals surface area contributed by atoms with Crippen molar-refractivity contribution in [1.82, 2.24) is 5.32 Å². The molecule has 0 rings (SSSR count). The van der Waals surface area contributed by atoms with Crippen LogP contribution >= 0.6 is 0 Å². The summed E-state index contributed by atoms with van der Waals surface area (Å²) in [5.41, 5.74) is 1.07. The highest BCUT2D eigenvalue weighted by atomic mass is 16.5. The first kappa shape index (κ1) is 11.4. The molecule has 0 aromatic carbocycles. The molecule has 12 heavy (non-hydrogen) atoms. The van der Waals surface area contributed by atoms with E-state index < -0.39 is 0 Å². The van der Waals surface area contributed by atoms with Gasteiger partial charge in [0, 0.05) is 12.6 Å². The van der Waals surface area contributed by atoms with Crippen LogP contribution in [0.3, 0.4) is 0 Å². The van der Waals surface area contributed by atoms with Crippen molar-refractivity contribution in [3.8, 4) is 0 Å². The van der Waals surface area contributed by atoms with Gasteiger partial charge >= 0.3 is 0 Å². The molecular formula is C10H19NO. The van der Waals surface area contributed by atoms with E-state index in [0.717, 1.165) is 12.1 Å². The summed E-state index contributed by atoms with van der Waals surface area (Å²) < 4.78 is 5.22. The molecule has 0 radical (unpaired) electrons. The Balaban J connectivity index is 3.27. The van der Waals surface area contributed by atoms with Gasteiger partial charge in [0.2, 0.25) is 0 Å². The van der Waals surface area contributed by atoms with Crippen molar-refractivity contribution in [2.45, 2.75) is 19.9 Å². The third-order valence-electron chi connectivity index (χ3n) is 1.30. The summed E-state index contributed by atoms with van der Waals surface area (Å²) in [6, 6.07) is 0.501. The van der Waals surface area contributed by atoms with Crippen LogP contribution in [0, 0.1) is 0 Å². The molecule has 0 unspecified atom stereocenters. The lowest BCUT2D eigenvalue weighted by atomic mass is 10.3. The fraction of sp³-hybridized carbons (Fsp3) is 0.600. The third kappa shape index (κ3) is 7.51. The molecule has 2 heteroatoms. The number of hydrogen-bond acceptors (Lipinski definition) is 2. The zero-order valence-electron chi connectivity index (χ0n) is 8.10. The van der Waals surface area contributed by atoms with Crippen LogP contribution < -0.4 is 5.32 Å². The van der Waals surface area contributed by atoms with E-state index in [1.807, 2.05) is 0 Å². The summed E-state index contributed by atoms with van der Waals surface area (Å²) in [5.74, 6) is 0. The van der Waals surface area contributed by atoms with E-state index in [2.05, 4.69) is 32.3 Å². The number of hydrogen-bond donors (Lipinski definition) is 1. The normalized spacial score (nSPS) is 10.2. The second-order valence-corrected chi connectivity index (χ2v) is 3.09. The first-order valence-electron chi connectivity index (χ1n) is 4.25. The van der Waals surface area contributed by atoms with Crippen LogP contribution in [0.5, 0.6) is 0 Å². The number of ether oxygens (including phenoxy) is 1. The smallest absolute Gasteiger partial charge is 0.0690 e. The predicted octanol–water partition coefficient (Wildman–Crippen LogP) is 1.74. The maximum Gasteiger partial charge on any atom is 0.0690 e. The molecule has 0 aliphatic heterocycles. The Morgan fingerprint density at radius 2 is 2.25 bits per heavy atom. The highest BCUT2D eigenvalue weighted by Gasteiger charge is 1.95. The van der Waals surface area contributed by atoms with Crippen molar-refractivity contribution >= 4 is 0 Å². The van der Waals surface area contributed by atoms with Crippen molar-refractivity contribution in [3.05, 3.63) is 24.8 Å². The molecule has 0 atom stereocenters. The SMILES string of the molecule is C=CCOCC(=C)CNC(C)C. The maximum absolute atomic E-state index is 5.22. The Hall–Kier alpha value is -0.600. The van der Waals surface area contributed by atoms with Crippen molar-refractivity contribution < 1.29 is 4.74 Å². The van der Waals surface area contributed by atoms with Crippen molar-refractivity contribution in [1.29, 1.82) is 0 Å². The summed E-state index contributed by atoms with van der Waals surface area (Å²) in [5, 5.41) is 3.27. The molecule has 0 aliphatic rings. The average molecular weight is 169 g/mol. The minimum absolute atomic E-state index is 0.501. The highest BCUT2D eigenvalue weighted by molar-refractivity contribution is 4.97. The van der Waals surface area contributed by atoms with E-state index in [9.17, 15) is 0 Å². The van der Waals surface area contributed by atoms with E-state index in [1.54, 1.807) is 6.08 Å². The molecule has 2 nitrogen and oxygen atoms in total. The topological polar surface area (TPSA) is 21.3 Å². The standard InChI is InChI=1S/C10H19NO/c1-5-6-12-8-10(4)7-11-9(2)3/h5,9,11H,1,4,6-8H2,2-3H3. The van der Waals surface area contributed by atoms with Gasteiger partial charge in [-0.05, 0) is 5.57 Å². The van der Waals surface area contributed by atoms with Crippen LogP contribution in [-0.4, -0.2) is 25.8 Å². The summed E-state index contributed by atoms with van der Waals surface area (Å²) in [6.07, 6.45) is 1.74. The lowest BCUT2D eigenvalue weighted by Gasteiger charge is -2.09. The number of nitrogens with one attached hydrogen (secondary N) is 1. The van der Waals surface area contributed by atoms with Gasteiger partial charge in [-0.1, -0.05) is 26.5 Å². The monoisotopic (exact) mass is 169 g/mol. The minimum atomic E-state index is 0.501. The predicted molar refractivity (Wildman–Crippen MR) is 53.3 cm³/mol. The van der Waals surface area contributed by atoms with Gasteiger partial charge in [-0.25, -0.2) is 0 Å². The second kappa shape index (κ2) is 7.07. The van der Waals surface area contributed by atoms with Crippen LogP contribution in [0.25, 0.3) is 0 Å². The molecule has 0 bridgehead atoms. The van der Waals surface area contributed by atoms with Gasteiger partial charge in [-0.15, -0.1) is 6.58 Å². The molecule has 0 saturated heterocycles. The fourth-order valence-corrected chi connectivity index (χ4v) is 0.686. The van der Waals surface area contributed by atoms with E-state index in [1.165, 1.54) is 0 Å². The van der Waals surface area contributed by atoms with Crippen LogP contribution in [0.4, 0.5) is 0 Å². The van der Waals surface area contributed by atoms with E-state index in [4.69, 9.17) is 4.74 Å². The van der Waals surface area contributed by atoms with Crippen LogP contribution in [0.2, 0.25) is 0 Å². The summed E-state index contributed by atoms with van der Waals surface area (Å²) in [7, 11) is 0. The molecule has 0 fully saturated rings. The van der Waals surface area contributed by atoms with Crippen molar-refractivity contribution in [3.63, 3.8) is 0 Å². The molecule has 0 aromatic heterocycles. The second-order valence-electron chi connectivity index (χ2n) is 3.09. The molecule has 0 heterocycles. The number of rotatable bonds is 7. The summed E-state index contributed by atoms with van der Waals surface area (Å²) in [4.78, 5) is 0. The summed E-state index contributed by atoms with van der Waals surface area (Å²) in [6.45, 7) is 13.7. The summed E-state index contributed by atoms with van der Waals surface area (Å²) >= 11 is 0. The minimum Gasteiger partial charge on any atom is -0.373 e. The largest absolute Gasteiger partial charge is 0.373 e. The fourth-order valence-electron chi connectivity index (χ4n) is 0.686. The van der Waals surface area contributed by atoms with E-state index in [-0.39, 0.29) is 0 Å². The average Bonchev–Trinajstić information content (AvgIpc) is 2.01. The van der Waals surface area contributed by atoms with E-state index >= 15 is 0 Å². The molecule has 0 aromatic rings. The molecule has 0 saturated carbocycles. The zero-order chi connectivity index (χ0) is 9.40. The molecule has 1 N–H and O–H groups in total. The van der Waals surface area contributed by atoms with Crippen LogP contribution in [0.1, 0.15) is 13.8 Å². The lowest BCUT2D eigenvalue weighted by Crippen LogP contribution is -2.25. The van der Waals surface area contributed by atoms with E-state index in [0.29, 0.717) is 19.3 Å². The van der Waals surface area contributed by atoms with Crippen LogP contribution in [0.15, 0.2) is 24.8 Å². The highest BCUT2D eigenvalue weighted by Crippen LogP contribution is 1.90. The Morgan fingerprint density at radius 3 is 2.75 bits per heavy atom. The van der Waals surface area contributed by atoms with Gasteiger partial charge in [0.1, 0.15) is 0 Å². The Bertz CT molecular complexity index is 141. The molecular weight excluding hydrogens is 150 g/mol. The zero-order valence-corrected chi connectivity index (χ0v) is 8.10. The molecule has 0 amide bonds. The van der Waals surface area contributed by atoms with Gasteiger partial charge in [-0.2, -0.15) is 0 Å². The first-order chi connectivity index (χ1) is 5.66. The molecule has 0 spiro atoms. The third-order valence-corrected chi connectivity index (χ3v) is 1.30. The first-order valence-corrected chi connectivity index (χ1v) is 4.25. The van der Waals surface area contributed by atoms with Gasteiger partial charge in [-0.3, -0.25) is 0 Å². The van der Waals surface area contributed by atoms with Gasteiger partial charge < -0.3 is 10.1 Å². The Kier molecular flexibility index (Phi) is 6.72. The van der Waals surface area contributed by atoms with Gasteiger partial charge in [0.25, 0.3) is 0 Å². The van der Waals surface area contributed by atoms with Crippen molar-refractivity contribution in [2.75, 3.05) is 19.8 Å². The van der Waals surface area contributed by atoms with Crippen molar-refractivity contribution in [2.24, 2.45) is 0 Å². The van der Waals surface area contributed by atoms with Crippen LogP contribution in [-0.2, 0) is 4.74 Å². The quantitative estimate of drug-likeness (QED) is 0.463. The molecule has 70 valence electrons. The van der Waals surface area contributed by atoms with Gasteiger partial charge in [0.15, 0.2) is 0 Å².